The molecule has 0 amide bonds. The average molecular weight is 208 g/mol. The molecule has 3 heteroatoms. The Labute approximate surface area is 91.8 Å². The first-order valence-corrected chi connectivity index (χ1v) is 5.24. The van der Waals surface area contributed by atoms with Crippen molar-refractivity contribution in [1.29, 1.82) is 0 Å². The number of ether oxygens (including phenoxy) is 1. The van der Waals surface area contributed by atoms with Gasteiger partial charge in [-0.1, -0.05) is 12.1 Å². The van der Waals surface area contributed by atoms with Gasteiger partial charge < -0.3 is 15.4 Å². The van der Waals surface area contributed by atoms with Crippen molar-refractivity contribution >= 4 is 5.69 Å². The van der Waals surface area contributed by atoms with Crippen LogP contribution in [-0.4, -0.2) is 32.1 Å². The van der Waals surface area contributed by atoms with Crippen LogP contribution in [0.3, 0.4) is 0 Å². The Morgan fingerprint density at radius 1 is 1.33 bits per heavy atom. The van der Waals surface area contributed by atoms with Gasteiger partial charge in [0, 0.05) is 6.54 Å². The van der Waals surface area contributed by atoms with Gasteiger partial charge >= 0.3 is 0 Å². The Balaban J connectivity index is 2.43. The Hall–Kier alpha value is -1.22. The van der Waals surface area contributed by atoms with Crippen LogP contribution >= 0.6 is 0 Å². The van der Waals surface area contributed by atoms with E-state index in [0.717, 1.165) is 30.0 Å². The van der Waals surface area contributed by atoms with Crippen LogP contribution < -0.4 is 10.5 Å². The van der Waals surface area contributed by atoms with Crippen LogP contribution in [0, 0.1) is 6.92 Å². The molecule has 0 atom stereocenters. The minimum atomic E-state index is 0.716. The third-order valence-electron chi connectivity index (χ3n) is 2.24. The summed E-state index contributed by atoms with van der Waals surface area (Å²) in [5, 5.41) is 0. The SMILES string of the molecule is Cc1cccc(N)c1OCCCN(C)C. The lowest BCUT2D eigenvalue weighted by molar-refractivity contribution is 0.281. The number of para-hydroxylation sites is 1. The molecular formula is C12H20N2O. The molecule has 0 heterocycles. The minimum absolute atomic E-state index is 0.716. The van der Waals surface area contributed by atoms with Crippen molar-refractivity contribution in [2.45, 2.75) is 13.3 Å². The molecule has 84 valence electrons. The second-order valence-electron chi connectivity index (χ2n) is 4.00. The lowest BCUT2D eigenvalue weighted by Crippen LogP contribution is -2.15. The van der Waals surface area contributed by atoms with Crippen LogP contribution in [0.15, 0.2) is 18.2 Å². The van der Waals surface area contributed by atoms with Crippen molar-refractivity contribution in [2.75, 3.05) is 33.0 Å². The summed E-state index contributed by atoms with van der Waals surface area (Å²) in [5.74, 6) is 0.830. The zero-order valence-corrected chi connectivity index (χ0v) is 9.79. The first kappa shape index (κ1) is 11.9. The zero-order valence-electron chi connectivity index (χ0n) is 9.79. The maximum absolute atomic E-state index is 5.83. The highest BCUT2D eigenvalue weighted by Gasteiger charge is 2.03. The summed E-state index contributed by atoms with van der Waals surface area (Å²) in [4.78, 5) is 2.14. The summed E-state index contributed by atoms with van der Waals surface area (Å²) in [6.07, 6.45) is 1.01. The van der Waals surface area contributed by atoms with Crippen LogP contribution in [0.5, 0.6) is 5.75 Å². The Bertz CT molecular complexity index is 290. The number of hydrogen-bond acceptors (Lipinski definition) is 3. The summed E-state index contributed by atoms with van der Waals surface area (Å²) in [6, 6.07) is 5.82. The zero-order chi connectivity index (χ0) is 11.3. The quantitative estimate of drug-likeness (QED) is 0.593. The van der Waals surface area contributed by atoms with Crippen LogP contribution in [0.2, 0.25) is 0 Å². The van der Waals surface area contributed by atoms with Crippen molar-refractivity contribution in [2.24, 2.45) is 0 Å². The van der Waals surface area contributed by atoms with E-state index in [-0.39, 0.29) is 0 Å². The summed E-state index contributed by atoms with van der Waals surface area (Å²) in [6.45, 7) is 3.76. The number of nitrogen functional groups attached to an aromatic ring is 1. The Morgan fingerprint density at radius 2 is 2.07 bits per heavy atom. The van der Waals surface area contributed by atoms with E-state index in [1.165, 1.54) is 0 Å². The molecule has 0 saturated carbocycles. The molecule has 1 rings (SSSR count). The van der Waals surface area contributed by atoms with E-state index < -0.39 is 0 Å². The molecular weight excluding hydrogens is 188 g/mol. The molecule has 0 saturated heterocycles. The van der Waals surface area contributed by atoms with Crippen LogP contribution in [0.25, 0.3) is 0 Å². The van der Waals surface area contributed by atoms with Gasteiger partial charge in [-0.25, -0.2) is 0 Å². The molecule has 0 fully saturated rings. The predicted molar refractivity (Wildman–Crippen MR) is 64.3 cm³/mol. The summed E-state index contributed by atoms with van der Waals surface area (Å²) < 4.78 is 5.67. The second-order valence-corrected chi connectivity index (χ2v) is 4.00. The molecule has 0 bridgehead atoms. The van der Waals surface area contributed by atoms with Crippen LogP contribution in [0.1, 0.15) is 12.0 Å². The highest BCUT2D eigenvalue weighted by atomic mass is 16.5. The molecule has 1 aromatic carbocycles. The predicted octanol–water partition coefficient (Wildman–Crippen LogP) is 1.91. The van der Waals surface area contributed by atoms with Crippen molar-refractivity contribution in [1.82, 2.24) is 4.90 Å². The van der Waals surface area contributed by atoms with E-state index in [9.17, 15) is 0 Å². The summed E-state index contributed by atoms with van der Waals surface area (Å²) >= 11 is 0. The largest absolute Gasteiger partial charge is 0.491 e. The fourth-order valence-electron chi connectivity index (χ4n) is 1.43. The molecule has 0 aliphatic rings. The molecule has 0 aliphatic heterocycles. The monoisotopic (exact) mass is 208 g/mol. The van der Waals surface area contributed by atoms with Gasteiger partial charge in [-0.05, 0) is 39.1 Å². The smallest absolute Gasteiger partial charge is 0.145 e. The number of rotatable bonds is 5. The molecule has 0 radical (unpaired) electrons. The van der Waals surface area contributed by atoms with E-state index in [1.54, 1.807) is 0 Å². The van der Waals surface area contributed by atoms with Crippen molar-refractivity contribution in [3.63, 3.8) is 0 Å². The van der Waals surface area contributed by atoms with E-state index in [4.69, 9.17) is 10.5 Å². The maximum Gasteiger partial charge on any atom is 0.145 e. The number of nitrogens with zero attached hydrogens (tertiary/aromatic N) is 1. The van der Waals surface area contributed by atoms with E-state index in [0.29, 0.717) is 6.61 Å². The molecule has 15 heavy (non-hydrogen) atoms. The fraction of sp³-hybridized carbons (Fsp3) is 0.500. The number of hydrogen-bond donors (Lipinski definition) is 1. The van der Waals surface area contributed by atoms with Gasteiger partial charge in [0.15, 0.2) is 0 Å². The molecule has 2 N–H and O–H groups in total. The molecule has 0 aromatic heterocycles. The maximum atomic E-state index is 5.83. The Kier molecular flexibility index (Phi) is 4.43. The third-order valence-corrected chi connectivity index (χ3v) is 2.24. The van der Waals surface area contributed by atoms with E-state index >= 15 is 0 Å². The van der Waals surface area contributed by atoms with Crippen molar-refractivity contribution in [3.05, 3.63) is 23.8 Å². The standard InChI is InChI=1S/C12H20N2O/c1-10-6-4-7-11(13)12(10)15-9-5-8-14(2)3/h4,6-7H,5,8-9,13H2,1-3H3. The number of benzene rings is 1. The van der Waals surface area contributed by atoms with Crippen LogP contribution in [0.4, 0.5) is 5.69 Å². The number of nitrogens with two attached hydrogens (primary N) is 1. The van der Waals surface area contributed by atoms with Gasteiger partial charge in [0.2, 0.25) is 0 Å². The molecule has 0 aliphatic carbocycles. The van der Waals surface area contributed by atoms with E-state index in [2.05, 4.69) is 19.0 Å². The van der Waals surface area contributed by atoms with E-state index in [1.807, 2.05) is 25.1 Å². The minimum Gasteiger partial charge on any atom is -0.491 e. The molecule has 0 spiro atoms. The highest BCUT2D eigenvalue weighted by molar-refractivity contribution is 5.56. The third kappa shape index (κ3) is 3.80. The van der Waals surface area contributed by atoms with Gasteiger partial charge in [0.05, 0.1) is 12.3 Å². The summed E-state index contributed by atoms with van der Waals surface area (Å²) in [7, 11) is 4.12. The molecule has 1 aromatic rings. The van der Waals surface area contributed by atoms with Crippen molar-refractivity contribution < 1.29 is 4.74 Å². The first-order valence-electron chi connectivity index (χ1n) is 5.24. The van der Waals surface area contributed by atoms with Crippen LogP contribution in [-0.2, 0) is 0 Å². The second kappa shape index (κ2) is 5.61. The first-order chi connectivity index (χ1) is 7.11. The average Bonchev–Trinajstić information content (AvgIpc) is 2.15. The van der Waals surface area contributed by atoms with Gasteiger partial charge in [0.25, 0.3) is 0 Å². The Morgan fingerprint density at radius 3 is 2.67 bits per heavy atom. The highest BCUT2D eigenvalue weighted by Crippen LogP contribution is 2.25. The lowest BCUT2D eigenvalue weighted by Gasteiger charge is -2.13. The number of aryl methyl sites for hydroxylation is 1. The topological polar surface area (TPSA) is 38.5 Å². The number of anilines is 1. The van der Waals surface area contributed by atoms with Gasteiger partial charge in [-0.3, -0.25) is 0 Å². The molecule has 0 unspecified atom stereocenters. The lowest BCUT2D eigenvalue weighted by atomic mass is 10.2. The van der Waals surface area contributed by atoms with Gasteiger partial charge in [0.1, 0.15) is 5.75 Å². The summed E-state index contributed by atoms with van der Waals surface area (Å²) in [5.41, 5.74) is 7.65. The molecule has 3 nitrogen and oxygen atoms in total. The van der Waals surface area contributed by atoms with Crippen molar-refractivity contribution in [3.8, 4) is 5.75 Å². The van der Waals surface area contributed by atoms with Gasteiger partial charge in [-0.15, -0.1) is 0 Å². The fourth-order valence-corrected chi connectivity index (χ4v) is 1.43. The van der Waals surface area contributed by atoms with Gasteiger partial charge in [-0.2, -0.15) is 0 Å². The normalized spacial score (nSPS) is 10.7.